The zero-order valence-electron chi connectivity index (χ0n) is 10.8. The molecule has 1 rings (SSSR count). The van der Waals surface area contributed by atoms with Gasteiger partial charge >= 0.3 is 11.7 Å². The fraction of sp³-hybridized carbons (Fsp3) is 0.455. The monoisotopic (exact) mass is 287 g/mol. The second kappa shape index (κ2) is 6.33. The molecule has 0 aromatic carbocycles. The van der Waals surface area contributed by atoms with Crippen LogP contribution < -0.4 is 4.90 Å². The maximum absolute atomic E-state index is 11.4. The number of hydrogen-bond acceptors (Lipinski definition) is 6. The number of methoxy groups -OCH3 is 1. The van der Waals surface area contributed by atoms with Crippen molar-refractivity contribution in [1.29, 1.82) is 0 Å². The van der Waals surface area contributed by atoms with Crippen molar-refractivity contribution in [2.45, 2.75) is 19.9 Å². The van der Waals surface area contributed by atoms with Gasteiger partial charge in [-0.1, -0.05) is 11.6 Å². The van der Waals surface area contributed by atoms with Gasteiger partial charge in [-0.2, -0.15) is 0 Å². The first kappa shape index (κ1) is 15.2. The van der Waals surface area contributed by atoms with Gasteiger partial charge in [-0.25, -0.2) is 4.98 Å². The molecule has 0 aliphatic carbocycles. The number of hydrogen-bond donors (Lipinski definition) is 0. The molecule has 0 aliphatic rings. The van der Waals surface area contributed by atoms with Crippen LogP contribution in [0.2, 0.25) is 5.02 Å². The van der Waals surface area contributed by atoms with Crippen molar-refractivity contribution in [2.24, 2.45) is 0 Å². The maximum Gasteiger partial charge on any atom is 0.325 e. The molecule has 0 unspecified atom stereocenters. The first-order valence-corrected chi connectivity index (χ1v) is 5.88. The zero-order valence-corrected chi connectivity index (χ0v) is 11.5. The Balaban J connectivity index is 3.22. The van der Waals surface area contributed by atoms with Crippen LogP contribution in [0.1, 0.15) is 13.8 Å². The molecule has 1 heterocycles. The van der Waals surface area contributed by atoms with Gasteiger partial charge in [0, 0.05) is 18.3 Å². The van der Waals surface area contributed by atoms with Crippen molar-refractivity contribution in [3.05, 3.63) is 27.4 Å². The van der Waals surface area contributed by atoms with Crippen LogP contribution in [-0.2, 0) is 9.53 Å². The van der Waals surface area contributed by atoms with Gasteiger partial charge < -0.3 is 9.64 Å². The molecule has 0 radical (unpaired) electrons. The highest BCUT2D eigenvalue weighted by Crippen LogP contribution is 2.29. The summed E-state index contributed by atoms with van der Waals surface area (Å²) in [6.07, 6.45) is 1.30. The minimum atomic E-state index is -0.582. The van der Waals surface area contributed by atoms with Gasteiger partial charge in [0.2, 0.25) is 5.82 Å². The minimum absolute atomic E-state index is 0.0924. The molecule has 0 aliphatic heterocycles. The number of carbonyl (C=O) groups excluding carboxylic acids is 1. The van der Waals surface area contributed by atoms with E-state index in [1.807, 2.05) is 0 Å². The van der Waals surface area contributed by atoms with E-state index in [9.17, 15) is 14.9 Å². The number of nitrogens with zero attached hydrogens (tertiary/aromatic N) is 3. The van der Waals surface area contributed by atoms with Gasteiger partial charge in [0.05, 0.1) is 17.1 Å². The highest BCUT2D eigenvalue weighted by molar-refractivity contribution is 6.30. The van der Waals surface area contributed by atoms with Crippen molar-refractivity contribution >= 4 is 29.1 Å². The normalized spacial score (nSPS) is 10.4. The van der Waals surface area contributed by atoms with Crippen molar-refractivity contribution in [1.82, 2.24) is 4.98 Å². The molecule has 1 aromatic heterocycles. The lowest BCUT2D eigenvalue weighted by atomic mass is 10.2. The van der Waals surface area contributed by atoms with Crippen molar-refractivity contribution in [2.75, 3.05) is 18.6 Å². The van der Waals surface area contributed by atoms with Gasteiger partial charge in [-0.05, 0) is 13.8 Å². The summed E-state index contributed by atoms with van der Waals surface area (Å²) in [5, 5.41) is 11.2. The second-order valence-electron chi connectivity index (χ2n) is 4.05. The van der Waals surface area contributed by atoms with Crippen LogP contribution in [0.5, 0.6) is 0 Å². The van der Waals surface area contributed by atoms with E-state index in [4.69, 9.17) is 11.6 Å². The number of halogens is 1. The van der Waals surface area contributed by atoms with E-state index in [1.165, 1.54) is 24.3 Å². The summed E-state index contributed by atoms with van der Waals surface area (Å²) >= 11 is 5.70. The van der Waals surface area contributed by atoms with Crippen LogP contribution in [0.4, 0.5) is 11.5 Å². The molecule has 0 amide bonds. The Labute approximate surface area is 115 Å². The smallest absolute Gasteiger partial charge is 0.325 e. The highest BCUT2D eigenvalue weighted by Gasteiger charge is 2.25. The number of nitro groups is 1. The standard InChI is InChI=1S/C11H14ClN3O4/c1-7(2)14(6-10(16)19-3)11-9(15(17)18)4-8(12)5-13-11/h4-5,7H,6H2,1-3H3. The second-order valence-corrected chi connectivity index (χ2v) is 4.49. The van der Waals surface area contributed by atoms with Crippen LogP contribution in [0.3, 0.4) is 0 Å². The number of pyridine rings is 1. The van der Waals surface area contributed by atoms with Gasteiger partial charge in [-0.15, -0.1) is 0 Å². The summed E-state index contributed by atoms with van der Waals surface area (Å²) in [4.78, 5) is 27.2. The number of ether oxygens (including phenoxy) is 1. The Morgan fingerprint density at radius 1 is 1.63 bits per heavy atom. The molecule has 0 N–H and O–H groups in total. The third-order valence-electron chi connectivity index (χ3n) is 2.43. The molecule has 0 spiro atoms. The Hall–Kier alpha value is -1.89. The largest absolute Gasteiger partial charge is 0.468 e. The minimum Gasteiger partial charge on any atom is -0.468 e. The number of esters is 1. The van der Waals surface area contributed by atoms with Gasteiger partial charge in [0.25, 0.3) is 0 Å². The fourth-order valence-corrected chi connectivity index (χ4v) is 1.63. The summed E-state index contributed by atoms with van der Waals surface area (Å²) in [5.74, 6) is -0.408. The van der Waals surface area contributed by atoms with E-state index in [2.05, 4.69) is 9.72 Å². The highest BCUT2D eigenvalue weighted by atomic mass is 35.5. The SMILES string of the molecule is COC(=O)CN(c1ncc(Cl)cc1[N+](=O)[O-])C(C)C. The Morgan fingerprint density at radius 3 is 2.74 bits per heavy atom. The van der Waals surface area contributed by atoms with E-state index < -0.39 is 10.9 Å². The van der Waals surface area contributed by atoms with Gasteiger partial charge in [0.15, 0.2) is 0 Å². The van der Waals surface area contributed by atoms with Crippen LogP contribution in [0, 0.1) is 10.1 Å². The van der Waals surface area contributed by atoms with Crippen molar-refractivity contribution < 1.29 is 14.5 Å². The lowest BCUT2D eigenvalue weighted by Crippen LogP contribution is -2.37. The number of rotatable bonds is 5. The summed E-state index contributed by atoms with van der Waals surface area (Å²) in [6.45, 7) is 3.47. The zero-order chi connectivity index (χ0) is 14.6. The Morgan fingerprint density at radius 2 is 2.26 bits per heavy atom. The predicted molar refractivity (Wildman–Crippen MR) is 70.4 cm³/mol. The molecule has 0 fully saturated rings. The van der Waals surface area contributed by atoms with Crippen LogP contribution in [0.25, 0.3) is 0 Å². The van der Waals surface area contributed by atoms with E-state index in [1.54, 1.807) is 13.8 Å². The third-order valence-corrected chi connectivity index (χ3v) is 2.64. The average molecular weight is 288 g/mol. The molecule has 0 atom stereocenters. The summed E-state index contributed by atoms with van der Waals surface area (Å²) < 4.78 is 4.57. The quantitative estimate of drug-likeness (QED) is 0.468. The number of aromatic nitrogens is 1. The van der Waals surface area contributed by atoms with Crippen LogP contribution in [0.15, 0.2) is 12.3 Å². The molecular formula is C11H14ClN3O4. The van der Waals surface area contributed by atoms with Gasteiger partial charge in [0.1, 0.15) is 6.54 Å². The number of carbonyl (C=O) groups is 1. The number of anilines is 1. The lowest BCUT2D eigenvalue weighted by Gasteiger charge is -2.26. The molecule has 8 heteroatoms. The van der Waals surface area contributed by atoms with E-state index in [-0.39, 0.29) is 29.1 Å². The van der Waals surface area contributed by atoms with Crippen LogP contribution >= 0.6 is 11.6 Å². The van der Waals surface area contributed by atoms with Gasteiger partial charge in [-0.3, -0.25) is 14.9 Å². The van der Waals surface area contributed by atoms with E-state index in [0.29, 0.717) is 0 Å². The molecule has 0 saturated carbocycles. The van der Waals surface area contributed by atoms with Crippen molar-refractivity contribution in [3.63, 3.8) is 0 Å². The molecule has 19 heavy (non-hydrogen) atoms. The molecule has 104 valence electrons. The topological polar surface area (TPSA) is 85.6 Å². The first-order valence-electron chi connectivity index (χ1n) is 5.50. The summed E-state index contributed by atoms with van der Waals surface area (Å²) in [7, 11) is 1.25. The van der Waals surface area contributed by atoms with Crippen molar-refractivity contribution in [3.8, 4) is 0 Å². The summed E-state index contributed by atoms with van der Waals surface area (Å²) in [5.41, 5.74) is -0.245. The van der Waals surface area contributed by atoms with E-state index in [0.717, 1.165) is 0 Å². The Bertz CT molecular complexity index is 493. The molecule has 7 nitrogen and oxygen atoms in total. The summed E-state index contributed by atoms with van der Waals surface area (Å²) in [6, 6.07) is 1.04. The third kappa shape index (κ3) is 3.78. The Kier molecular flexibility index (Phi) is 5.05. The maximum atomic E-state index is 11.4. The molecule has 0 bridgehead atoms. The fourth-order valence-electron chi connectivity index (χ4n) is 1.48. The van der Waals surface area contributed by atoms with Crippen LogP contribution in [-0.4, -0.2) is 35.6 Å². The molecule has 1 aromatic rings. The average Bonchev–Trinajstić information content (AvgIpc) is 2.35. The molecule has 0 saturated heterocycles. The van der Waals surface area contributed by atoms with E-state index >= 15 is 0 Å². The predicted octanol–water partition coefficient (Wildman–Crippen LogP) is 2.03. The first-order chi connectivity index (χ1) is 8.86. The molecular weight excluding hydrogens is 274 g/mol. The lowest BCUT2D eigenvalue weighted by molar-refractivity contribution is -0.384.